The van der Waals surface area contributed by atoms with Crippen LogP contribution in [0.1, 0.15) is 81.4 Å². The average Bonchev–Trinajstić information content (AvgIpc) is 3.04. The molecule has 0 spiro atoms. The summed E-state index contributed by atoms with van der Waals surface area (Å²) in [5.74, 6) is -0.921. The Balaban J connectivity index is 1.45. The zero-order valence-corrected chi connectivity index (χ0v) is 20.3. The number of nitrogens with zero attached hydrogens (tertiary/aromatic N) is 2. The van der Waals surface area contributed by atoms with Gasteiger partial charge in [0.1, 0.15) is 17.8 Å². The Morgan fingerprint density at radius 3 is 2.41 bits per heavy atom. The van der Waals surface area contributed by atoms with E-state index in [4.69, 9.17) is 4.74 Å². The van der Waals surface area contributed by atoms with Gasteiger partial charge in [0, 0.05) is 36.7 Å². The summed E-state index contributed by atoms with van der Waals surface area (Å²) in [6.45, 7) is 5.57. The maximum Gasteiger partial charge on any atom is 0.410 e. The minimum absolute atomic E-state index is 0.0941. The van der Waals surface area contributed by atoms with E-state index in [9.17, 15) is 19.2 Å². The normalized spacial score (nSPS) is 27.3. The second-order valence-electron chi connectivity index (χ2n) is 10.4. The number of hydrogen-bond acceptors (Lipinski definition) is 6. The smallest absolute Gasteiger partial charge is 0.410 e. The van der Waals surface area contributed by atoms with Crippen LogP contribution in [0.4, 0.5) is 4.79 Å². The topological polar surface area (TPSA) is 108 Å². The van der Waals surface area contributed by atoms with E-state index in [1.54, 1.807) is 22.9 Å². The van der Waals surface area contributed by atoms with Crippen LogP contribution >= 0.6 is 0 Å². The number of ether oxygens (including phenoxy) is 1. The van der Waals surface area contributed by atoms with Crippen molar-refractivity contribution in [2.24, 2.45) is 0 Å². The molecule has 4 amide bonds. The van der Waals surface area contributed by atoms with Crippen molar-refractivity contribution < 1.29 is 23.9 Å². The van der Waals surface area contributed by atoms with Gasteiger partial charge in [-0.15, -0.1) is 0 Å². The quantitative estimate of drug-likeness (QED) is 0.655. The lowest BCUT2D eigenvalue weighted by molar-refractivity contribution is -0.137. The van der Waals surface area contributed by atoms with Gasteiger partial charge < -0.3 is 14.5 Å². The molecule has 184 valence electrons. The summed E-state index contributed by atoms with van der Waals surface area (Å²) in [7, 11) is 1.78. The average molecular weight is 471 g/mol. The number of carbonyl (C=O) groups excluding carboxylic acids is 4. The van der Waals surface area contributed by atoms with Crippen molar-refractivity contribution in [1.29, 1.82) is 0 Å². The summed E-state index contributed by atoms with van der Waals surface area (Å²) in [5, 5.41) is 5.99. The van der Waals surface area contributed by atoms with E-state index < -0.39 is 23.7 Å². The zero-order chi connectivity index (χ0) is 24.6. The third kappa shape index (κ3) is 4.94. The minimum atomic E-state index is -0.690. The number of imide groups is 1. The van der Waals surface area contributed by atoms with Gasteiger partial charge in [-0.1, -0.05) is 18.2 Å². The Bertz CT molecular complexity index is 980. The number of hydrogen-bond donors (Lipinski definition) is 2. The van der Waals surface area contributed by atoms with E-state index in [2.05, 4.69) is 10.6 Å². The summed E-state index contributed by atoms with van der Waals surface area (Å²) >= 11 is 0. The van der Waals surface area contributed by atoms with E-state index in [-0.39, 0.29) is 36.4 Å². The van der Waals surface area contributed by atoms with Gasteiger partial charge in [-0.3, -0.25) is 25.0 Å². The Morgan fingerprint density at radius 1 is 1.09 bits per heavy atom. The molecule has 0 aromatic heterocycles. The lowest BCUT2D eigenvalue weighted by Crippen LogP contribution is -2.56. The first-order valence-electron chi connectivity index (χ1n) is 12.0. The molecule has 2 aliphatic heterocycles. The van der Waals surface area contributed by atoms with Gasteiger partial charge in [0.05, 0.1) is 0 Å². The fourth-order valence-electron chi connectivity index (χ4n) is 5.11. The van der Waals surface area contributed by atoms with Crippen molar-refractivity contribution in [2.75, 3.05) is 7.05 Å². The van der Waals surface area contributed by atoms with Crippen LogP contribution in [0.3, 0.4) is 0 Å². The van der Waals surface area contributed by atoms with Gasteiger partial charge in [-0.25, -0.2) is 4.79 Å². The molecule has 3 aliphatic rings. The molecule has 2 N–H and O–H groups in total. The molecule has 1 aromatic carbocycles. The number of carbonyl (C=O) groups is 4. The molecule has 2 fully saturated rings. The molecule has 1 saturated heterocycles. The number of rotatable bonds is 4. The molecule has 2 heterocycles. The van der Waals surface area contributed by atoms with Crippen molar-refractivity contribution >= 4 is 23.8 Å². The molecule has 34 heavy (non-hydrogen) atoms. The maximum absolute atomic E-state index is 13.3. The van der Waals surface area contributed by atoms with Crippen molar-refractivity contribution in [3.8, 4) is 0 Å². The van der Waals surface area contributed by atoms with Crippen LogP contribution in [0, 0.1) is 0 Å². The van der Waals surface area contributed by atoms with E-state index in [0.29, 0.717) is 12.0 Å². The van der Waals surface area contributed by atoms with E-state index >= 15 is 0 Å². The molecular weight excluding hydrogens is 436 g/mol. The van der Waals surface area contributed by atoms with Gasteiger partial charge in [0.2, 0.25) is 11.8 Å². The van der Waals surface area contributed by atoms with Gasteiger partial charge in [-0.05, 0) is 58.9 Å². The van der Waals surface area contributed by atoms with Crippen LogP contribution in [0.15, 0.2) is 24.3 Å². The molecule has 0 bridgehead atoms. The molecular formula is C25H34N4O5. The van der Waals surface area contributed by atoms with Crippen molar-refractivity contribution in [3.63, 3.8) is 0 Å². The van der Waals surface area contributed by atoms with Gasteiger partial charge in [-0.2, -0.15) is 0 Å². The molecule has 1 saturated carbocycles. The molecule has 0 radical (unpaired) electrons. The lowest BCUT2D eigenvalue weighted by atomic mass is 9.90. The molecule has 9 nitrogen and oxygen atoms in total. The van der Waals surface area contributed by atoms with Crippen LogP contribution < -0.4 is 10.6 Å². The number of fused-ring (bicyclic) bond motifs is 1. The number of benzene rings is 1. The molecule has 2 unspecified atom stereocenters. The summed E-state index contributed by atoms with van der Waals surface area (Å²) in [4.78, 5) is 53.3. The van der Waals surface area contributed by atoms with Crippen molar-refractivity contribution in [2.45, 2.75) is 89.2 Å². The highest BCUT2D eigenvalue weighted by atomic mass is 16.6. The minimum Gasteiger partial charge on any atom is -0.444 e. The van der Waals surface area contributed by atoms with Crippen LogP contribution in [-0.2, 0) is 14.3 Å². The first-order chi connectivity index (χ1) is 16.0. The molecule has 1 aliphatic carbocycles. The predicted molar refractivity (Wildman–Crippen MR) is 125 cm³/mol. The predicted octanol–water partition coefficient (Wildman–Crippen LogP) is 2.71. The lowest BCUT2D eigenvalue weighted by Gasteiger charge is -2.39. The maximum atomic E-state index is 13.3. The van der Waals surface area contributed by atoms with E-state index in [0.717, 1.165) is 31.2 Å². The third-order valence-corrected chi connectivity index (χ3v) is 6.86. The van der Waals surface area contributed by atoms with Gasteiger partial charge in [0.25, 0.3) is 5.91 Å². The van der Waals surface area contributed by atoms with E-state index in [1.165, 1.54) is 0 Å². The summed E-state index contributed by atoms with van der Waals surface area (Å²) in [5.41, 5.74) is 0.902. The number of nitrogens with one attached hydrogen (secondary N) is 2. The second kappa shape index (κ2) is 9.37. The number of piperidine rings is 1. The second-order valence-corrected chi connectivity index (χ2v) is 10.4. The molecule has 2 atom stereocenters. The summed E-state index contributed by atoms with van der Waals surface area (Å²) in [6.07, 6.45) is 3.06. The fraction of sp³-hybridized carbons (Fsp3) is 0.600. The SMILES string of the molecule is CN(C(=O)OC(C)(C)C)C1CCC(NC2c3ccccc3C(=O)N2C2CCC(=O)NC2=O)CC1. The Labute approximate surface area is 200 Å². The van der Waals surface area contributed by atoms with Crippen molar-refractivity contribution in [1.82, 2.24) is 20.4 Å². The Kier molecular flexibility index (Phi) is 6.66. The first-order valence-corrected chi connectivity index (χ1v) is 12.0. The van der Waals surface area contributed by atoms with E-state index in [1.807, 2.05) is 39.0 Å². The summed E-state index contributed by atoms with van der Waals surface area (Å²) < 4.78 is 5.50. The summed E-state index contributed by atoms with van der Waals surface area (Å²) in [6, 6.07) is 6.94. The monoisotopic (exact) mass is 470 g/mol. The molecule has 4 rings (SSSR count). The molecule has 1 aromatic rings. The standard InChI is InChI=1S/C25H34N4O5/c1-25(2,3)34-24(33)28(4)16-11-9-15(10-12-16)26-21-17-7-5-6-8-18(17)23(32)29(21)19-13-14-20(30)27-22(19)31/h5-8,15-16,19,21,26H,9-14H2,1-4H3,(H,27,30,31). The van der Waals surface area contributed by atoms with Crippen LogP contribution in [0.25, 0.3) is 0 Å². The van der Waals surface area contributed by atoms with Crippen LogP contribution in [0.5, 0.6) is 0 Å². The largest absolute Gasteiger partial charge is 0.444 e. The third-order valence-electron chi connectivity index (χ3n) is 6.86. The van der Waals surface area contributed by atoms with Crippen LogP contribution in [0.2, 0.25) is 0 Å². The van der Waals surface area contributed by atoms with Gasteiger partial charge >= 0.3 is 6.09 Å². The number of amides is 4. The molecule has 9 heteroatoms. The Hall–Kier alpha value is -2.94. The van der Waals surface area contributed by atoms with Gasteiger partial charge in [0.15, 0.2) is 0 Å². The fourth-order valence-corrected chi connectivity index (χ4v) is 5.11. The Morgan fingerprint density at radius 2 is 1.76 bits per heavy atom. The van der Waals surface area contributed by atoms with Crippen molar-refractivity contribution in [3.05, 3.63) is 35.4 Å². The first kappa shape index (κ1) is 24.2. The highest BCUT2D eigenvalue weighted by Gasteiger charge is 2.45. The van der Waals surface area contributed by atoms with Crippen LogP contribution in [-0.4, -0.2) is 64.4 Å². The highest BCUT2D eigenvalue weighted by Crippen LogP contribution is 2.37. The zero-order valence-electron chi connectivity index (χ0n) is 20.3. The highest BCUT2D eigenvalue weighted by molar-refractivity contribution is 6.05.